The number of thiazole rings is 1. The zero-order chi connectivity index (χ0) is 24.5. The van der Waals surface area contributed by atoms with Crippen LogP contribution in [0.2, 0.25) is 0 Å². The van der Waals surface area contributed by atoms with Crippen LogP contribution in [0.15, 0.2) is 53.5 Å². The van der Waals surface area contributed by atoms with Gasteiger partial charge in [0.25, 0.3) is 5.78 Å². The number of nitrogens with zero attached hydrogens (tertiary/aromatic N) is 2. The Bertz CT molecular complexity index is 1320. The molecule has 1 aromatic heterocycles. The molecule has 1 saturated heterocycles. The molecule has 1 amide bonds. The maximum atomic E-state index is 13.3. The van der Waals surface area contributed by atoms with E-state index in [-0.39, 0.29) is 11.3 Å². The first kappa shape index (κ1) is 22.7. The van der Waals surface area contributed by atoms with E-state index in [0.29, 0.717) is 59.1 Å². The van der Waals surface area contributed by atoms with Gasteiger partial charge < -0.3 is 24.1 Å². The summed E-state index contributed by atoms with van der Waals surface area (Å²) in [6, 6.07) is 9.09. The second-order valence-corrected chi connectivity index (χ2v) is 8.56. The van der Waals surface area contributed by atoms with Gasteiger partial charge in [-0.15, -0.1) is 11.3 Å². The average molecular weight is 495 g/mol. The van der Waals surface area contributed by atoms with Crippen LogP contribution < -0.4 is 23.8 Å². The molecule has 1 fully saturated rings. The number of hydrogen-bond acceptors (Lipinski definition) is 9. The zero-order valence-corrected chi connectivity index (χ0v) is 19.8. The number of ether oxygens (including phenoxy) is 4. The third-order valence-electron chi connectivity index (χ3n) is 5.69. The van der Waals surface area contributed by atoms with E-state index in [9.17, 15) is 14.7 Å². The van der Waals surface area contributed by atoms with Crippen LogP contribution in [0.5, 0.6) is 23.0 Å². The summed E-state index contributed by atoms with van der Waals surface area (Å²) in [5.74, 6) is 0.0438. The molecule has 0 radical (unpaired) electrons. The Hall–Kier alpha value is -4.05. The van der Waals surface area contributed by atoms with Crippen molar-refractivity contribution >= 4 is 33.9 Å². The van der Waals surface area contributed by atoms with Crippen LogP contribution in [-0.4, -0.2) is 48.7 Å². The maximum Gasteiger partial charge on any atom is 0.301 e. The maximum absolute atomic E-state index is 13.3. The topological polar surface area (TPSA) is 107 Å². The van der Waals surface area contributed by atoms with Crippen molar-refractivity contribution in [1.29, 1.82) is 0 Å². The van der Waals surface area contributed by atoms with E-state index in [0.717, 1.165) is 0 Å². The lowest BCUT2D eigenvalue weighted by molar-refractivity contribution is -0.132. The number of carbonyl (C=O) groups excluding carboxylic acids is 2. The van der Waals surface area contributed by atoms with E-state index in [4.69, 9.17) is 18.9 Å². The number of methoxy groups -OCH3 is 1. The van der Waals surface area contributed by atoms with Gasteiger partial charge in [0.1, 0.15) is 19.0 Å². The second-order valence-electron chi connectivity index (χ2n) is 7.69. The first-order chi connectivity index (χ1) is 17.0. The van der Waals surface area contributed by atoms with Gasteiger partial charge in [0, 0.05) is 17.1 Å². The van der Waals surface area contributed by atoms with Gasteiger partial charge in [-0.05, 0) is 42.8 Å². The van der Waals surface area contributed by atoms with E-state index in [1.807, 2.05) is 6.92 Å². The number of ketones is 1. The summed E-state index contributed by atoms with van der Waals surface area (Å²) >= 11 is 1.22. The fourth-order valence-electron chi connectivity index (χ4n) is 4.16. The molecule has 2 aliphatic rings. The van der Waals surface area contributed by atoms with Gasteiger partial charge in [0.2, 0.25) is 0 Å². The number of benzene rings is 2. The van der Waals surface area contributed by atoms with Crippen molar-refractivity contribution in [3.05, 3.63) is 64.7 Å². The third-order valence-corrected chi connectivity index (χ3v) is 6.46. The zero-order valence-electron chi connectivity index (χ0n) is 19.0. The van der Waals surface area contributed by atoms with Gasteiger partial charge >= 0.3 is 5.91 Å². The molecule has 9 nitrogen and oxygen atoms in total. The molecule has 0 aliphatic carbocycles. The molecule has 0 spiro atoms. The number of carbonyl (C=O) groups is 2. The summed E-state index contributed by atoms with van der Waals surface area (Å²) < 4.78 is 22.3. The van der Waals surface area contributed by atoms with E-state index in [2.05, 4.69) is 4.98 Å². The number of aromatic nitrogens is 1. The lowest BCUT2D eigenvalue weighted by atomic mass is 9.95. The second kappa shape index (κ2) is 9.30. The highest BCUT2D eigenvalue weighted by atomic mass is 32.1. The highest BCUT2D eigenvalue weighted by Gasteiger charge is 2.48. The van der Waals surface area contributed by atoms with Crippen molar-refractivity contribution < 1.29 is 33.6 Å². The molecule has 0 saturated carbocycles. The van der Waals surface area contributed by atoms with E-state index < -0.39 is 17.7 Å². The third kappa shape index (κ3) is 3.95. The molecular formula is C25H22N2O7S. The first-order valence-corrected chi connectivity index (χ1v) is 11.8. The molecule has 2 aromatic carbocycles. The van der Waals surface area contributed by atoms with Gasteiger partial charge in [0.05, 0.1) is 25.3 Å². The van der Waals surface area contributed by atoms with Crippen LogP contribution in [0, 0.1) is 0 Å². The van der Waals surface area contributed by atoms with Crippen LogP contribution in [0.1, 0.15) is 24.1 Å². The first-order valence-electron chi connectivity index (χ1n) is 10.9. The standard InChI is InChI=1S/C25H22N2O7S/c1-3-32-16-6-4-14(12-18(16)31-2)21-20(23(29)24(30)27(21)25-26-8-11-35-25)22(28)15-5-7-17-19(13-15)34-10-9-33-17/h4-8,11-13,21,28H,3,9-10H2,1-2H3. The van der Waals surface area contributed by atoms with Crippen LogP contribution in [0.25, 0.3) is 5.76 Å². The predicted octanol–water partition coefficient (Wildman–Crippen LogP) is 3.95. The molecule has 1 N–H and O–H groups in total. The number of aliphatic hydroxyl groups excluding tert-OH is 1. The summed E-state index contributed by atoms with van der Waals surface area (Å²) in [5.41, 5.74) is 0.821. The number of Topliss-reactive ketones (excluding diaryl/α,β-unsaturated/α-hetero) is 1. The van der Waals surface area contributed by atoms with Gasteiger partial charge in [-0.3, -0.25) is 14.5 Å². The molecule has 0 bridgehead atoms. The molecular weight excluding hydrogens is 472 g/mol. The molecule has 180 valence electrons. The quantitative estimate of drug-likeness (QED) is 0.312. The summed E-state index contributed by atoms with van der Waals surface area (Å²) in [6.45, 7) is 3.10. The van der Waals surface area contributed by atoms with Crippen LogP contribution in [-0.2, 0) is 9.59 Å². The van der Waals surface area contributed by atoms with Crippen molar-refractivity contribution in [2.24, 2.45) is 0 Å². The number of anilines is 1. The Balaban J connectivity index is 1.68. The van der Waals surface area contributed by atoms with Crippen LogP contribution in [0.3, 0.4) is 0 Å². The number of aliphatic hydroxyl groups is 1. The highest BCUT2D eigenvalue weighted by Crippen LogP contribution is 2.45. The molecule has 1 unspecified atom stereocenters. The lowest BCUT2D eigenvalue weighted by Crippen LogP contribution is -2.29. The van der Waals surface area contributed by atoms with Crippen molar-refractivity contribution in [2.75, 3.05) is 31.8 Å². The lowest BCUT2D eigenvalue weighted by Gasteiger charge is -2.24. The molecule has 1 atom stereocenters. The predicted molar refractivity (Wildman–Crippen MR) is 128 cm³/mol. The summed E-state index contributed by atoms with van der Waals surface area (Å²) in [5, 5.41) is 13.4. The molecule has 10 heteroatoms. The van der Waals surface area contributed by atoms with Gasteiger partial charge in [-0.1, -0.05) is 6.07 Å². The summed E-state index contributed by atoms with van der Waals surface area (Å²) in [4.78, 5) is 32.0. The largest absolute Gasteiger partial charge is 0.507 e. The Labute approximate surface area is 205 Å². The average Bonchev–Trinajstić information content (AvgIpc) is 3.50. The number of fused-ring (bicyclic) bond motifs is 1. The van der Waals surface area contributed by atoms with Crippen LogP contribution >= 0.6 is 11.3 Å². The van der Waals surface area contributed by atoms with Crippen molar-refractivity contribution in [1.82, 2.24) is 4.98 Å². The fourth-order valence-corrected chi connectivity index (χ4v) is 4.82. The number of hydrogen-bond donors (Lipinski definition) is 1. The Morgan fingerprint density at radius 2 is 1.94 bits per heavy atom. The molecule has 3 aromatic rings. The Morgan fingerprint density at radius 1 is 1.14 bits per heavy atom. The van der Waals surface area contributed by atoms with E-state index in [1.54, 1.807) is 48.0 Å². The Kier molecular flexibility index (Phi) is 6.04. The summed E-state index contributed by atoms with van der Waals surface area (Å²) in [7, 11) is 1.51. The van der Waals surface area contributed by atoms with Gasteiger partial charge in [-0.25, -0.2) is 4.98 Å². The fraction of sp³-hybridized carbons (Fsp3) is 0.240. The molecule has 2 aliphatic heterocycles. The monoisotopic (exact) mass is 494 g/mol. The van der Waals surface area contributed by atoms with Gasteiger partial charge in [-0.2, -0.15) is 0 Å². The van der Waals surface area contributed by atoms with Gasteiger partial charge in [0.15, 0.2) is 28.1 Å². The molecule has 35 heavy (non-hydrogen) atoms. The molecule has 5 rings (SSSR count). The smallest absolute Gasteiger partial charge is 0.301 e. The Morgan fingerprint density at radius 3 is 2.66 bits per heavy atom. The number of rotatable bonds is 6. The van der Waals surface area contributed by atoms with Crippen molar-refractivity contribution in [3.63, 3.8) is 0 Å². The van der Waals surface area contributed by atoms with Crippen molar-refractivity contribution in [2.45, 2.75) is 13.0 Å². The number of amides is 1. The van der Waals surface area contributed by atoms with E-state index >= 15 is 0 Å². The minimum atomic E-state index is -0.932. The minimum absolute atomic E-state index is 0.0620. The normalized spacial score (nSPS) is 18.6. The highest BCUT2D eigenvalue weighted by molar-refractivity contribution is 7.14. The molecule has 3 heterocycles. The van der Waals surface area contributed by atoms with E-state index in [1.165, 1.54) is 23.3 Å². The SMILES string of the molecule is CCOc1ccc(C2C(=C(O)c3ccc4c(c3)OCCO4)C(=O)C(=O)N2c2nccs2)cc1OC. The summed E-state index contributed by atoms with van der Waals surface area (Å²) in [6.07, 6.45) is 1.55. The van der Waals surface area contributed by atoms with Crippen molar-refractivity contribution in [3.8, 4) is 23.0 Å². The minimum Gasteiger partial charge on any atom is -0.507 e. The van der Waals surface area contributed by atoms with Crippen LogP contribution in [0.4, 0.5) is 5.13 Å².